The molecule has 0 aliphatic rings. The number of amides is 1. The molecule has 3 N–H and O–H groups in total. The van der Waals surface area contributed by atoms with E-state index in [1.807, 2.05) is 27.0 Å². The molecular weight excluding hydrogens is 216 g/mol. The van der Waals surface area contributed by atoms with Gasteiger partial charge in [0.05, 0.1) is 12.7 Å². The van der Waals surface area contributed by atoms with Crippen molar-refractivity contribution in [2.45, 2.75) is 26.6 Å². The van der Waals surface area contributed by atoms with E-state index in [1.165, 1.54) is 0 Å². The number of carbonyl (C=O) groups excluding carboxylic acids is 1. The summed E-state index contributed by atoms with van der Waals surface area (Å²) < 4.78 is 5.67. The second kappa shape index (κ2) is 6.37. The number of primary amides is 1. The van der Waals surface area contributed by atoms with E-state index in [-0.39, 0.29) is 6.10 Å². The standard InChI is InChI=1S/C13H20N2O2/c1-9-6-11(13(14)16)4-5-12(9)8-17-10(2)7-15-3/h4-6,10,15H,7-8H2,1-3H3,(H2,14,16). The van der Waals surface area contributed by atoms with Crippen LogP contribution in [0, 0.1) is 6.92 Å². The van der Waals surface area contributed by atoms with Crippen molar-refractivity contribution in [3.63, 3.8) is 0 Å². The molecule has 1 atom stereocenters. The maximum atomic E-state index is 11.0. The third-order valence-electron chi connectivity index (χ3n) is 2.64. The first-order valence-electron chi connectivity index (χ1n) is 5.70. The van der Waals surface area contributed by atoms with Gasteiger partial charge >= 0.3 is 0 Å². The Morgan fingerprint density at radius 2 is 2.24 bits per heavy atom. The minimum Gasteiger partial charge on any atom is -0.373 e. The molecule has 0 heterocycles. The second-order valence-electron chi connectivity index (χ2n) is 4.18. The minimum atomic E-state index is -0.399. The Bertz CT molecular complexity index is 391. The SMILES string of the molecule is CNCC(C)OCc1ccc(C(N)=O)cc1C. The average Bonchev–Trinajstić information content (AvgIpc) is 2.27. The van der Waals surface area contributed by atoms with Gasteiger partial charge in [0.2, 0.25) is 5.91 Å². The van der Waals surface area contributed by atoms with Crippen LogP contribution < -0.4 is 11.1 Å². The first-order chi connectivity index (χ1) is 8.04. The van der Waals surface area contributed by atoms with Gasteiger partial charge in [0, 0.05) is 12.1 Å². The van der Waals surface area contributed by atoms with Crippen LogP contribution in [0.15, 0.2) is 18.2 Å². The van der Waals surface area contributed by atoms with Gasteiger partial charge < -0.3 is 15.8 Å². The molecule has 0 aromatic heterocycles. The number of hydrogen-bond acceptors (Lipinski definition) is 3. The Morgan fingerprint density at radius 1 is 1.53 bits per heavy atom. The molecule has 0 bridgehead atoms. The number of hydrogen-bond donors (Lipinski definition) is 2. The molecule has 0 radical (unpaired) electrons. The fraction of sp³-hybridized carbons (Fsp3) is 0.462. The number of nitrogens with one attached hydrogen (secondary N) is 1. The molecule has 1 aromatic carbocycles. The summed E-state index contributed by atoms with van der Waals surface area (Å²) in [5, 5.41) is 3.06. The molecule has 0 saturated carbocycles. The highest BCUT2D eigenvalue weighted by Gasteiger charge is 2.06. The molecule has 0 aliphatic heterocycles. The minimum absolute atomic E-state index is 0.162. The van der Waals surface area contributed by atoms with Crippen molar-refractivity contribution >= 4 is 5.91 Å². The smallest absolute Gasteiger partial charge is 0.248 e. The highest BCUT2D eigenvalue weighted by molar-refractivity contribution is 5.93. The van der Waals surface area contributed by atoms with Crippen molar-refractivity contribution in [2.75, 3.05) is 13.6 Å². The lowest BCUT2D eigenvalue weighted by molar-refractivity contribution is 0.0542. The molecule has 0 saturated heterocycles. The van der Waals surface area contributed by atoms with E-state index in [9.17, 15) is 4.79 Å². The van der Waals surface area contributed by atoms with Gasteiger partial charge in [-0.2, -0.15) is 0 Å². The summed E-state index contributed by atoms with van der Waals surface area (Å²) in [6, 6.07) is 5.42. The van der Waals surface area contributed by atoms with E-state index in [4.69, 9.17) is 10.5 Å². The number of benzene rings is 1. The summed E-state index contributed by atoms with van der Waals surface area (Å²) in [6.07, 6.45) is 0.162. The van der Waals surface area contributed by atoms with Crippen molar-refractivity contribution in [1.82, 2.24) is 5.32 Å². The second-order valence-corrected chi connectivity index (χ2v) is 4.18. The summed E-state index contributed by atoms with van der Waals surface area (Å²) in [4.78, 5) is 11.0. The molecule has 1 aromatic rings. The maximum absolute atomic E-state index is 11.0. The van der Waals surface area contributed by atoms with E-state index in [0.29, 0.717) is 12.2 Å². The van der Waals surface area contributed by atoms with E-state index in [2.05, 4.69) is 5.32 Å². The number of rotatable bonds is 6. The molecule has 4 heteroatoms. The Balaban J connectivity index is 2.63. The molecule has 1 unspecified atom stereocenters. The van der Waals surface area contributed by atoms with Gasteiger partial charge in [-0.3, -0.25) is 4.79 Å². The fourth-order valence-electron chi connectivity index (χ4n) is 1.59. The number of likely N-dealkylation sites (N-methyl/N-ethyl adjacent to an activating group) is 1. The molecule has 1 rings (SSSR count). The zero-order valence-electron chi connectivity index (χ0n) is 10.6. The van der Waals surface area contributed by atoms with Gasteiger partial charge in [-0.05, 0) is 44.2 Å². The van der Waals surface area contributed by atoms with Crippen LogP contribution in [0.2, 0.25) is 0 Å². The molecule has 94 valence electrons. The molecule has 0 spiro atoms. The van der Waals surface area contributed by atoms with Crippen molar-refractivity contribution in [2.24, 2.45) is 5.73 Å². The van der Waals surface area contributed by atoms with E-state index in [0.717, 1.165) is 17.7 Å². The van der Waals surface area contributed by atoms with Gasteiger partial charge in [0.1, 0.15) is 0 Å². The van der Waals surface area contributed by atoms with Gasteiger partial charge in [-0.15, -0.1) is 0 Å². The zero-order valence-corrected chi connectivity index (χ0v) is 10.6. The van der Waals surface area contributed by atoms with Crippen LogP contribution in [-0.4, -0.2) is 25.6 Å². The quantitative estimate of drug-likeness (QED) is 0.780. The lowest BCUT2D eigenvalue weighted by Gasteiger charge is -2.14. The zero-order chi connectivity index (χ0) is 12.8. The summed E-state index contributed by atoms with van der Waals surface area (Å²) in [6.45, 7) is 5.34. The summed E-state index contributed by atoms with van der Waals surface area (Å²) in [7, 11) is 1.90. The van der Waals surface area contributed by atoms with Gasteiger partial charge in [0.15, 0.2) is 0 Å². The van der Waals surface area contributed by atoms with Crippen molar-refractivity contribution in [3.8, 4) is 0 Å². The molecule has 0 fully saturated rings. The first-order valence-corrected chi connectivity index (χ1v) is 5.70. The molecule has 4 nitrogen and oxygen atoms in total. The topological polar surface area (TPSA) is 64.3 Å². The number of nitrogens with two attached hydrogens (primary N) is 1. The number of ether oxygens (including phenoxy) is 1. The highest BCUT2D eigenvalue weighted by atomic mass is 16.5. The van der Waals surface area contributed by atoms with Crippen LogP contribution in [0.4, 0.5) is 0 Å². The van der Waals surface area contributed by atoms with Crippen molar-refractivity contribution in [1.29, 1.82) is 0 Å². The Kier molecular flexibility index (Phi) is 5.12. The fourth-order valence-corrected chi connectivity index (χ4v) is 1.59. The predicted octanol–water partition coefficient (Wildman–Crippen LogP) is 1.22. The van der Waals surface area contributed by atoms with Crippen LogP contribution in [0.5, 0.6) is 0 Å². The maximum Gasteiger partial charge on any atom is 0.248 e. The lowest BCUT2D eigenvalue weighted by Crippen LogP contribution is -2.23. The Hall–Kier alpha value is -1.39. The summed E-state index contributed by atoms with van der Waals surface area (Å²) in [5.74, 6) is -0.399. The van der Waals surface area contributed by atoms with Gasteiger partial charge in [-0.1, -0.05) is 6.07 Å². The van der Waals surface area contributed by atoms with Crippen LogP contribution in [0.1, 0.15) is 28.4 Å². The number of aryl methyl sites for hydroxylation is 1. The van der Waals surface area contributed by atoms with E-state index >= 15 is 0 Å². The van der Waals surface area contributed by atoms with Crippen molar-refractivity contribution < 1.29 is 9.53 Å². The lowest BCUT2D eigenvalue weighted by atomic mass is 10.1. The van der Waals surface area contributed by atoms with E-state index in [1.54, 1.807) is 12.1 Å². The van der Waals surface area contributed by atoms with Crippen LogP contribution >= 0.6 is 0 Å². The molecule has 1 amide bonds. The number of carbonyl (C=O) groups is 1. The third-order valence-corrected chi connectivity index (χ3v) is 2.64. The monoisotopic (exact) mass is 236 g/mol. The van der Waals surface area contributed by atoms with Crippen LogP contribution in [0.3, 0.4) is 0 Å². The van der Waals surface area contributed by atoms with Crippen LogP contribution in [0.25, 0.3) is 0 Å². The Labute approximate surface area is 102 Å². The van der Waals surface area contributed by atoms with E-state index < -0.39 is 5.91 Å². The van der Waals surface area contributed by atoms with Gasteiger partial charge in [-0.25, -0.2) is 0 Å². The molecule has 0 aliphatic carbocycles. The third kappa shape index (κ3) is 4.17. The van der Waals surface area contributed by atoms with Crippen LogP contribution in [-0.2, 0) is 11.3 Å². The van der Waals surface area contributed by atoms with Crippen molar-refractivity contribution in [3.05, 3.63) is 34.9 Å². The highest BCUT2D eigenvalue weighted by Crippen LogP contribution is 2.12. The summed E-state index contributed by atoms with van der Waals surface area (Å²) in [5.41, 5.74) is 7.86. The molecule has 17 heavy (non-hydrogen) atoms. The van der Waals surface area contributed by atoms with Gasteiger partial charge in [0.25, 0.3) is 0 Å². The largest absolute Gasteiger partial charge is 0.373 e. The predicted molar refractivity (Wildman–Crippen MR) is 67.9 cm³/mol. The summed E-state index contributed by atoms with van der Waals surface area (Å²) >= 11 is 0. The average molecular weight is 236 g/mol. The molecular formula is C13H20N2O2. The first kappa shape index (κ1) is 13.7. The normalized spacial score (nSPS) is 12.4. The Morgan fingerprint density at radius 3 is 2.76 bits per heavy atom.